The zero-order valence-electron chi connectivity index (χ0n) is 7.02. The fourth-order valence-electron chi connectivity index (χ4n) is 1.51. The van der Waals surface area contributed by atoms with Gasteiger partial charge in [0.2, 0.25) is 5.65 Å². The average molecular weight is 187 g/mol. The highest BCUT2D eigenvalue weighted by molar-refractivity contribution is 6.01. The van der Waals surface area contributed by atoms with Crippen molar-refractivity contribution in [1.29, 1.82) is 0 Å². The number of pyridine rings is 1. The van der Waals surface area contributed by atoms with Crippen LogP contribution >= 0.6 is 0 Å². The number of rotatable bonds is 0. The Morgan fingerprint density at radius 1 is 1.14 bits per heavy atom. The Bertz CT molecular complexity index is 668. The Kier molecular flexibility index (Phi) is 1.25. The molecule has 3 aromatic rings. The summed E-state index contributed by atoms with van der Waals surface area (Å²) in [6, 6.07) is 7.20. The second-order valence-electron chi connectivity index (χ2n) is 2.96. The number of benzene rings is 1. The van der Waals surface area contributed by atoms with E-state index >= 15 is 0 Å². The quantitative estimate of drug-likeness (QED) is 0.571. The van der Waals surface area contributed by atoms with Gasteiger partial charge in [-0.2, -0.15) is 0 Å². The molecular weight excluding hydrogens is 182 g/mol. The van der Waals surface area contributed by atoms with Crippen molar-refractivity contribution in [1.82, 2.24) is 15.3 Å². The zero-order chi connectivity index (χ0) is 9.54. The maximum atomic E-state index is 11.5. The minimum absolute atomic E-state index is 0.177. The normalized spacial score (nSPS) is 11.1. The molecule has 0 radical (unpaired) electrons. The number of H-pyrrole nitrogens is 1. The lowest BCUT2D eigenvalue weighted by Gasteiger charge is -1.93. The molecule has 14 heavy (non-hydrogen) atoms. The SMILES string of the molecule is O=c1[nH]c2nonc2c2ccccc12. The molecule has 1 aromatic carbocycles. The smallest absolute Gasteiger partial charge is 0.257 e. The maximum Gasteiger partial charge on any atom is 0.257 e. The minimum atomic E-state index is -0.177. The molecule has 0 aliphatic rings. The molecule has 0 bridgehead atoms. The van der Waals surface area contributed by atoms with Gasteiger partial charge in [0.25, 0.3) is 5.56 Å². The van der Waals surface area contributed by atoms with Gasteiger partial charge in [-0.05, 0) is 16.4 Å². The molecule has 0 saturated carbocycles. The summed E-state index contributed by atoms with van der Waals surface area (Å²) in [5, 5.41) is 8.67. The highest BCUT2D eigenvalue weighted by Crippen LogP contribution is 2.16. The number of hydrogen-bond acceptors (Lipinski definition) is 4. The Balaban J connectivity index is 2.74. The first-order valence-corrected chi connectivity index (χ1v) is 4.09. The second kappa shape index (κ2) is 2.41. The van der Waals surface area contributed by atoms with Crippen molar-refractivity contribution in [2.45, 2.75) is 0 Å². The molecule has 3 rings (SSSR count). The minimum Gasteiger partial charge on any atom is -0.302 e. The van der Waals surface area contributed by atoms with E-state index in [2.05, 4.69) is 19.9 Å². The van der Waals surface area contributed by atoms with Crippen LogP contribution in [0.15, 0.2) is 33.7 Å². The van der Waals surface area contributed by atoms with E-state index in [1.54, 1.807) is 12.1 Å². The molecule has 0 aliphatic carbocycles. The van der Waals surface area contributed by atoms with Gasteiger partial charge >= 0.3 is 0 Å². The third kappa shape index (κ3) is 0.806. The van der Waals surface area contributed by atoms with Gasteiger partial charge in [-0.1, -0.05) is 18.2 Å². The lowest BCUT2D eigenvalue weighted by atomic mass is 10.1. The Hall–Kier alpha value is -2.17. The Labute approximate surface area is 77.3 Å². The van der Waals surface area contributed by atoms with E-state index < -0.39 is 0 Å². The largest absolute Gasteiger partial charge is 0.302 e. The van der Waals surface area contributed by atoms with Crippen LogP contribution in [0, 0.1) is 0 Å². The number of hydrogen-bond donors (Lipinski definition) is 1. The fourth-order valence-corrected chi connectivity index (χ4v) is 1.51. The molecule has 68 valence electrons. The van der Waals surface area contributed by atoms with Crippen LogP contribution in [0.3, 0.4) is 0 Å². The molecule has 0 saturated heterocycles. The third-order valence-corrected chi connectivity index (χ3v) is 2.15. The molecule has 0 unspecified atom stereocenters. The van der Waals surface area contributed by atoms with E-state index in [4.69, 9.17) is 0 Å². The van der Waals surface area contributed by atoms with Crippen LogP contribution in [0.4, 0.5) is 0 Å². The van der Waals surface area contributed by atoms with Crippen LogP contribution in [-0.4, -0.2) is 15.3 Å². The second-order valence-corrected chi connectivity index (χ2v) is 2.96. The van der Waals surface area contributed by atoms with Crippen LogP contribution in [0.5, 0.6) is 0 Å². The molecule has 1 N–H and O–H groups in total. The molecule has 0 amide bonds. The summed E-state index contributed by atoms with van der Waals surface area (Å²) in [7, 11) is 0. The molecule has 0 fully saturated rings. The van der Waals surface area contributed by atoms with E-state index in [1.807, 2.05) is 12.1 Å². The van der Waals surface area contributed by atoms with Crippen molar-refractivity contribution >= 4 is 21.9 Å². The number of fused-ring (bicyclic) bond motifs is 3. The molecule has 0 spiro atoms. The van der Waals surface area contributed by atoms with Crippen molar-refractivity contribution in [3.05, 3.63) is 34.6 Å². The van der Waals surface area contributed by atoms with E-state index in [-0.39, 0.29) is 5.56 Å². The molecule has 5 heteroatoms. The average Bonchev–Trinajstić information content (AvgIpc) is 2.66. The van der Waals surface area contributed by atoms with Gasteiger partial charge in [0.15, 0.2) is 5.52 Å². The summed E-state index contributed by atoms with van der Waals surface area (Å²) >= 11 is 0. The first kappa shape index (κ1) is 7.25. The maximum absolute atomic E-state index is 11.5. The molecule has 0 atom stereocenters. The Morgan fingerprint density at radius 2 is 1.93 bits per heavy atom. The predicted octanol–water partition coefficient (Wildman–Crippen LogP) is 1.06. The highest BCUT2D eigenvalue weighted by Gasteiger charge is 2.07. The van der Waals surface area contributed by atoms with Crippen LogP contribution in [-0.2, 0) is 0 Å². The van der Waals surface area contributed by atoms with Crippen molar-refractivity contribution in [3.8, 4) is 0 Å². The van der Waals surface area contributed by atoms with Gasteiger partial charge in [-0.25, -0.2) is 4.63 Å². The van der Waals surface area contributed by atoms with Crippen molar-refractivity contribution in [3.63, 3.8) is 0 Å². The first-order chi connectivity index (χ1) is 6.86. The highest BCUT2D eigenvalue weighted by atomic mass is 16.6. The molecular formula is C9H5N3O2. The number of aromatic nitrogens is 3. The Morgan fingerprint density at radius 3 is 2.79 bits per heavy atom. The van der Waals surface area contributed by atoms with E-state index in [1.165, 1.54) is 0 Å². The summed E-state index contributed by atoms with van der Waals surface area (Å²) in [5.41, 5.74) is 0.790. The zero-order valence-corrected chi connectivity index (χ0v) is 7.02. The summed E-state index contributed by atoms with van der Waals surface area (Å²) in [6.07, 6.45) is 0. The summed E-state index contributed by atoms with van der Waals surface area (Å²) in [4.78, 5) is 14.1. The summed E-state index contributed by atoms with van der Waals surface area (Å²) in [5.74, 6) is 0. The van der Waals surface area contributed by atoms with E-state index in [0.717, 1.165) is 5.39 Å². The van der Waals surface area contributed by atoms with Crippen LogP contribution < -0.4 is 5.56 Å². The van der Waals surface area contributed by atoms with Crippen LogP contribution in [0.25, 0.3) is 21.9 Å². The number of nitrogens with zero attached hydrogens (tertiary/aromatic N) is 2. The standard InChI is InChI=1S/C9H5N3O2/c13-9-6-4-2-1-3-5(6)7-8(10-9)12-14-11-7/h1-4H,(H,10,12,13). The lowest BCUT2D eigenvalue weighted by molar-refractivity contribution is 0.315. The monoisotopic (exact) mass is 187 g/mol. The van der Waals surface area contributed by atoms with E-state index in [0.29, 0.717) is 16.6 Å². The predicted molar refractivity (Wildman–Crippen MR) is 49.9 cm³/mol. The van der Waals surface area contributed by atoms with Gasteiger partial charge in [0, 0.05) is 10.8 Å². The number of aromatic amines is 1. The molecule has 5 nitrogen and oxygen atoms in total. The van der Waals surface area contributed by atoms with E-state index in [9.17, 15) is 4.79 Å². The van der Waals surface area contributed by atoms with Gasteiger partial charge < -0.3 is 4.98 Å². The van der Waals surface area contributed by atoms with Gasteiger partial charge in [-0.3, -0.25) is 4.79 Å². The summed E-state index contributed by atoms with van der Waals surface area (Å²) < 4.78 is 4.56. The third-order valence-electron chi connectivity index (χ3n) is 2.15. The van der Waals surface area contributed by atoms with Crippen molar-refractivity contribution in [2.24, 2.45) is 0 Å². The van der Waals surface area contributed by atoms with Gasteiger partial charge in [-0.15, -0.1) is 0 Å². The number of nitrogens with one attached hydrogen (secondary N) is 1. The van der Waals surface area contributed by atoms with Crippen LogP contribution in [0.2, 0.25) is 0 Å². The molecule has 2 heterocycles. The lowest BCUT2D eigenvalue weighted by Crippen LogP contribution is -2.05. The topological polar surface area (TPSA) is 71.8 Å². The first-order valence-electron chi connectivity index (χ1n) is 4.09. The van der Waals surface area contributed by atoms with Gasteiger partial charge in [0.1, 0.15) is 0 Å². The van der Waals surface area contributed by atoms with Crippen LogP contribution in [0.1, 0.15) is 0 Å². The molecule has 2 aromatic heterocycles. The van der Waals surface area contributed by atoms with Crippen molar-refractivity contribution < 1.29 is 4.63 Å². The van der Waals surface area contributed by atoms with Gasteiger partial charge in [0.05, 0.1) is 0 Å². The fraction of sp³-hybridized carbons (Fsp3) is 0. The van der Waals surface area contributed by atoms with Crippen molar-refractivity contribution in [2.75, 3.05) is 0 Å². The summed E-state index contributed by atoms with van der Waals surface area (Å²) in [6.45, 7) is 0. The molecule has 0 aliphatic heterocycles.